The molecule has 2 aromatic heterocycles. The first kappa shape index (κ1) is 14.7. The number of aromatic nitrogens is 3. The molecule has 23 heavy (non-hydrogen) atoms. The van der Waals surface area contributed by atoms with E-state index in [1.54, 1.807) is 0 Å². The number of fused-ring (bicyclic) bond motifs is 1. The van der Waals surface area contributed by atoms with Crippen molar-refractivity contribution in [1.29, 1.82) is 0 Å². The van der Waals surface area contributed by atoms with E-state index in [0.717, 1.165) is 65.6 Å². The molecule has 1 fully saturated rings. The van der Waals surface area contributed by atoms with E-state index in [-0.39, 0.29) is 0 Å². The number of allylic oxidation sites excluding steroid dienone is 1. The van der Waals surface area contributed by atoms with E-state index in [0.29, 0.717) is 6.04 Å². The van der Waals surface area contributed by atoms with Crippen molar-refractivity contribution in [3.05, 3.63) is 35.9 Å². The monoisotopic (exact) mass is 330 g/mol. The summed E-state index contributed by atoms with van der Waals surface area (Å²) in [5.74, 6) is 0. The Morgan fingerprint density at radius 2 is 2.13 bits per heavy atom. The summed E-state index contributed by atoms with van der Waals surface area (Å²) in [6, 6.07) is 0.418. The summed E-state index contributed by atoms with van der Waals surface area (Å²) >= 11 is 6.36. The molecule has 1 aliphatic carbocycles. The van der Waals surface area contributed by atoms with E-state index in [2.05, 4.69) is 26.3 Å². The van der Waals surface area contributed by atoms with Gasteiger partial charge in [-0.1, -0.05) is 17.7 Å². The highest BCUT2D eigenvalue weighted by atomic mass is 35.5. The fourth-order valence-corrected chi connectivity index (χ4v) is 3.64. The van der Waals surface area contributed by atoms with Gasteiger partial charge in [-0.3, -0.25) is 9.67 Å². The Morgan fingerprint density at radius 1 is 1.30 bits per heavy atom. The molecule has 0 unspecified atom stereocenters. The molecule has 0 amide bonds. The maximum Gasteiger partial charge on any atom is 0.0569 e. The summed E-state index contributed by atoms with van der Waals surface area (Å²) in [5, 5.41) is 8.63. The Bertz CT molecular complexity index is 762. The molecule has 3 heterocycles. The van der Waals surface area contributed by atoms with Crippen molar-refractivity contribution in [2.24, 2.45) is 0 Å². The van der Waals surface area contributed by atoms with Crippen LogP contribution in [0.25, 0.3) is 16.2 Å². The van der Waals surface area contributed by atoms with Crippen molar-refractivity contribution < 1.29 is 4.74 Å². The van der Waals surface area contributed by atoms with Crippen molar-refractivity contribution in [2.75, 3.05) is 25.6 Å². The van der Waals surface area contributed by atoms with E-state index >= 15 is 0 Å². The Kier molecular flexibility index (Phi) is 3.83. The predicted molar refractivity (Wildman–Crippen MR) is 91.6 cm³/mol. The zero-order valence-corrected chi connectivity index (χ0v) is 13.8. The van der Waals surface area contributed by atoms with Gasteiger partial charge in [0.2, 0.25) is 0 Å². The molecule has 2 aliphatic rings. The van der Waals surface area contributed by atoms with Crippen LogP contribution in [0.2, 0.25) is 0 Å². The molecule has 0 aromatic carbocycles. The van der Waals surface area contributed by atoms with Crippen LogP contribution in [-0.2, 0) is 11.2 Å². The van der Waals surface area contributed by atoms with Gasteiger partial charge in [0.05, 0.1) is 23.6 Å². The van der Waals surface area contributed by atoms with Crippen LogP contribution in [0.3, 0.4) is 0 Å². The van der Waals surface area contributed by atoms with Gasteiger partial charge < -0.3 is 10.1 Å². The lowest BCUT2D eigenvalue weighted by Gasteiger charge is -2.22. The number of anilines is 1. The SMILES string of the molecule is CNc1c(-c2cnn(C3CCOCC3)c2)cnc2c1C(Cl)=CC2. The Balaban J connectivity index is 1.72. The first-order valence-corrected chi connectivity index (χ1v) is 8.33. The van der Waals surface area contributed by atoms with Crippen LogP contribution in [-0.4, -0.2) is 35.0 Å². The van der Waals surface area contributed by atoms with E-state index in [4.69, 9.17) is 16.3 Å². The number of rotatable bonds is 3. The molecule has 1 saturated heterocycles. The topological polar surface area (TPSA) is 52.0 Å². The van der Waals surface area contributed by atoms with Gasteiger partial charge >= 0.3 is 0 Å². The molecule has 0 bridgehead atoms. The number of hydrogen-bond donors (Lipinski definition) is 1. The molecule has 4 rings (SSSR count). The number of pyridine rings is 1. The van der Waals surface area contributed by atoms with Crippen LogP contribution in [0.5, 0.6) is 0 Å². The second-order valence-corrected chi connectivity index (χ2v) is 6.33. The highest BCUT2D eigenvalue weighted by molar-refractivity contribution is 6.50. The summed E-state index contributed by atoms with van der Waals surface area (Å²) in [6.45, 7) is 1.62. The Morgan fingerprint density at radius 3 is 2.91 bits per heavy atom. The van der Waals surface area contributed by atoms with Crippen LogP contribution in [0, 0.1) is 0 Å². The fourth-order valence-electron chi connectivity index (χ4n) is 3.36. The Hall–Kier alpha value is -1.85. The van der Waals surface area contributed by atoms with Crippen LogP contribution < -0.4 is 5.32 Å². The third-order valence-electron chi connectivity index (χ3n) is 4.60. The lowest BCUT2D eigenvalue weighted by atomic mass is 10.0. The quantitative estimate of drug-likeness (QED) is 0.936. The molecule has 1 aliphatic heterocycles. The highest BCUT2D eigenvalue weighted by Crippen LogP contribution is 2.40. The van der Waals surface area contributed by atoms with Crippen molar-refractivity contribution in [2.45, 2.75) is 25.3 Å². The van der Waals surface area contributed by atoms with Crippen LogP contribution in [0.4, 0.5) is 5.69 Å². The van der Waals surface area contributed by atoms with E-state index < -0.39 is 0 Å². The van der Waals surface area contributed by atoms with Gasteiger partial charge in [0, 0.05) is 60.8 Å². The molecule has 2 aromatic rings. The van der Waals surface area contributed by atoms with Crippen LogP contribution >= 0.6 is 11.6 Å². The lowest BCUT2D eigenvalue weighted by Crippen LogP contribution is -2.19. The minimum Gasteiger partial charge on any atom is -0.387 e. The van der Waals surface area contributed by atoms with Gasteiger partial charge in [0.25, 0.3) is 0 Å². The second kappa shape index (κ2) is 5.98. The van der Waals surface area contributed by atoms with Gasteiger partial charge in [-0.2, -0.15) is 5.10 Å². The third kappa shape index (κ3) is 2.54. The highest BCUT2D eigenvalue weighted by Gasteiger charge is 2.22. The average Bonchev–Trinajstić information content (AvgIpc) is 3.22. The van der Waals surface area contributed by atoms with Gasteiger partial charge in [0.1, 0.15) is 0 Å². The zero-order chi connectivity index (χ0) is 15.8. The zero-order valence-electron chi connectivity index (χ0n) is 13.1. The van der Waals surface area contributed by atoms with Crippen LogP contribution in [0.1, 0.15) is 30.1 Å². The van der Waals surface area contributed by atoms with Gasteiger partial charge in [-0.25, -0.2) is 0 Å². The number of nitrogens with one attached hydrogen (secondary N) is 1. The maximum absolute atomic E-state index is 6.36. The van der Waals surface area contributed by atoms with E-state index in [9.17, 15) is 0 Å². The normalized spacial score (nSPS) is 17.9. The first-order chi connectivity index (χ1) is 11.3. The van der Waals surface area contributed by atoms with Crippen LogP contribution in [0.15, 0.2) is 24.7 Å². The Labute approximate surface area is 140 Å². The minimum atomic E-state index is 0.418. The van der Waals surface area contributed by atoms with E-state index in [1.807, 2.05) is 25.5 Å². The summed E-state index contributed by atoms with van der Waals surface area (Å²) in [6.07, 6.45) is 10.8. The molecule has 120 valence electrons. The summed E-state index contributed by atoms with van der Waals surface area (Å²) < 4.78 is 7.49. The van der Waals surface area contributed by atoms with E-state index in [1.165, 1.54) is 0 Å². The number of nitrogens with zero attached hydrogens (tertiary/aromatic N) is 3. The van der Waals surface area contributed by atoms with Crippen molar-refractivity contribution in [3.8, 4) is 11.1 Å². The largest absolute Gasteiger partial charge is 0.387 e. The molecular formula is C17H19ClN4O. The van der Waals surface area contributed by atoms with Gasteiger partial charge in [-0.05, 0) is 12.8 Å². The number of halogens is 1. The van der Waals surface area contributed by atoms with Crippen molar-refractivity contribution >= 4 is 22.3 Å². The molecule has 0 spiro atoms. The molecule has 0 saturated carbocycles. The van der Waals surface area contributed by atoms with Crippen molar-refractivity contribution in [3.63, 3.8) is 0 Å². The smallest absolute Gasteiger partial charge is 0.0569 e. The fraction of sp³-hybridized carbons (Fsp3) is 0.412. The lowest BCUT2D eigenvalue weighted by molar-refractivity contribution is 0.0662. The average molecular weight is 331 g/mol. The first-order valence-electron chi connectivity index (χ1n) is 7.96. The number of ether oxygens (including phenoxy) is 1. The molecular weight excluding hydrogens is 312 g/mol. The second-order valence-electron chi connectivity index (χ2n) is 5.93. The van der Waals surface area contributed by atoms with Crippen molar-refractivity contribution in [1.82, 2.24) is 14.8 Å². The molecule has 5 nitrogen and oxygen atoms in total. The van der Waals surface area contributed by atoms with Gasteiger partial charge in [0.15, 0.2) is 0 Å². The summed E-state index contributed by atoms with van der Waals surface area (Å²) in [7, 11) is 1.92. The van der Waals surface area contributed by atoms with Gasteiger partial charge in [-0.15, -0.1) is 0 Å². The summed E-state index contributed by atoms with van der Waals surface area (Å²) in [5.41, 5.74) is 5.18. The standard InChI is InChI=1S/C17H19ClN4O/c1-19-17-13(9-20-15-3-2-14(18)16(15)17)11-8-21-22(10-11)12-4-6-23-7-5-12/h2,8-10,12H,3-7H2,1H3,(H,19,20). The predicted octanol–water partition coefficient (Wildman–Crippen LogP) is 3.47. The maximum atomic E-state index is 6.36. The molecule has 1 N–H and O–H groups in total. The third-order valence-corrected chi connectivity index (χ3v) is 4.94. The minimum absolute atomic E-state index is 0.418. The molecule has 0 atom stereocenters. The summed E-state index contributed by atoms with van der Waals surface area (Å²) in [4.78, 5) is 4.58. The molecule has 0 radical (unpaired) electrons. The molecule has 6 heteroatoms. The number of hydrogen-bond acceptors (Lipinski definition) is 4.